The highest BCUT2D eigenvalue weighted by molar-refractivity contribution is 5.79. The molecule has 6 N–H and O–H groups in total. The molecule has 4 fully saturated rings. The maximum atomic E-state index is 12.2. The van der Waals surface area contributed by atoms with Crippen LogP contribution < -0.4 is 32.3 Å². The van der Waals surface area contributed by atoms with Gasteiger partial charge in [-0.2, -0.15) is 5.48 Å². The minimum Gasteiger partial charge on any atom is -0.355 e. The van der Waals surface area contributed by atoms with Gasteiger partial charge in [0.05, 0.1) is 12.3 Å². The highest BCUT2D eigenvalue weighted by Crippen LogP contribution is 2.33. The number of rotatable bonds is 9. The summed E-state index contributed by atoms with van der Waals surface area (Å²) in [6.07, 6.45) is 11.9. The molecule has 0 aromatic heterocycles. The van der Waals surface area contributed by atoms with Crippen molar-refractivity contribution >= 4 is 11.8 Å². The molecule has 2 saturated heterocycles. The molecule has 2 heterocycles. The second-order valence-electron chi connectivity index (χ2n) is 10.3. The second-order valence-corrected chi connectivity index (χ2v) is 10.3. The summed E-state index contributed by atoms with van der Waals surface area (Å²) >= 11 is 0. The van der Waals surface area contributed by atoms with Gasteiger partial charge in [-0.1, -0.05) is 32.6 Å². The molecule has 2 saturated carbocycles. The van der Waals surface area contributed by atoms with Crippen molar-refractivity contribution in [1.29, 1.82) is 0 Å². The van der Waals surface area contributed by atoms with Crippen molar-refractivity contribution in [1.82, 2.24) is 32.3 Å². The van der Waals surface area contributed by atoms with E-state index in [4.69, 9.17) is 4.84 Å². The number of hydroxylamine groups is 1. The normalized spacial score (nSPS) is 37.5. The van der Waals surface area contributed by atoms with E-state index < -0.39 is 0 Å². The first-order chi connectivity index (χ1) is 15.6. The molecule has 182 valence electrons. The predicted molar refractivity (Wildman–Crippen MR) is 121 cm³/mol. The van der Waals surface area contributed by atoms with Gasteiger partial charge in [0.25, 0.3) is 0 Å². The van der Waals surface area contributed by atoms with E-state index >= 15 is 0 Å². The minimum absolute atomic E-state index is 0.00941. The highest BCUT2D eigenvalue weighted by atomic mass is 16.7. The molecule has 32 heavy (non-hydrogen) atoms. The average molecular weight is 451 g/mol. The number of nitrogens with one attached hydrogen (secondary N) is 6. The molecular formula is C23H42N6O3. The van der Waals surface area contributed by atoms with Crippen LogP contribution in [-0.4, -0.2) is 43.5 Å². The Morgan fingerprint density at radius 2 is 1.91 bits per heavy atom. The zero-order valence-corrected chi connectivity index (χ0v) is 19.5. The van der Waals surface area contributed by atoms with Crippen LogP contribution >= 0.6 is 0 Å². The van der Waals surface area contributed by atoms with E-state index in [0.717, 1.165) is 38.0 Å². The lowest BCUT2D eigenvalue weighted by molar-refractivity contribution is -0.134. The second kappa shape index (κ2) is 11.7. The Morgan fingerprint density at radius 3 is 2.75 bits per heavy atom. The van der Waals surface area contributed by atoms with Crippen LogP contribution in [-0.2, 0) is 14.4 Å². The molecule has 0 spiro atoms. The topological polar surface area (TPSA) is 116 Å². The summed E-state index contributed by atoms with van der Waals surface area (Å²) in [6, 6.07) is 0. The lowest BCUT2D eigenvalue weighted by Gasteiger charge is -2.41. The molecule has 5 unspecified atom stereocenters. The zero-order chi connectivity index (χ0) is 22.3. The summed E-state index contributed by atoms with van der Waals surface area (Å²) in [6.45, 7) is 3.61. The lowest BCUT2D eigenvalue weighted by atomic mass is 9.76. The van der Waals surface area contributed by atoms with Crippen molar-refractivity contribution in [3.63, 3.8) is 0 Å². The molecule has 2 aliphatic carbocycles. The zero-order valence-electron chi connectivity index (χ0n) is 19.5. The summed E-state index contributed by atoms with van der Waals surface area (Å²) in [5.74, 6) is 2.14. The smallest absolute Gasteiger partial charge is 0.237 e. The van der Waals surface area contributed by atoms with Gasteiger partial charge in [-0.25, -0.2) is 5.43 Å². The summed E-state index contributed by atoms with van der Waals surface area (Å²) in [4.78, 5) is 29.9. The third-order valence-electron chi connectivity index (χ3n) is 7.85. The first kappa shape index (κ1) is 23.9. The number of hydrogen-bond acceptors (Lipinski definition) is 7. The van der Waals surface area contributed by atoms with Crippen molar-refractivity contribution in [2.24, 2.45) is 23.7 Å². The van der Waals surface area contributed by atoms with Crippen LogP contribution in [0.4, 0.5) is 0 Å². The van der Waals surface area contributed by atoms with E-state index in [-0.39, 0.29) is 36.3 Å². The number of carbonyl (C=O) groups is 2. The number of fused-ring (bicyclic) bond motifs is 1. The molecule has 5 atom stereocenters. The van der Waals surface area contributed by atoms with Crippen molar-refractivity contribution < 1.29 is 14.4 Å². The molecule has 0 bridgehead atoms. The fourth-order valence-electron chi connectivity index (χ4n) is 5.82. The Labute approximate surface area is 191 Å². The third-order valence-corrected chi connectivity index (χ3v) is 7.85. The standard InChI is InChI=1S/C23H42N6O3/c1-15-9-11-16(12-10-15)21-26-20(32-29-21)8-4-7-19(30)24-13-14-25-22-17-5-2-3-6-18(17)23(31)28-27-22/h15-18,20-22,25-27,29H,2-14H2,1H3,(H,24,30)(H,28,31). The van der Waals surface area contributed by atoms with Crippen LogP contribution in [0, 0.1) is 23.7 Å². The SMILES string of the molecule is CC1CCC(C2NOC(CCCC(=O)NCCNC3NNC(=O)C4CCCCC34)N2)CC1. The van der Waals surface area contributed by atoms with Crippen LogP contribution in [0.2, 0.25) is 0 Å². The van der Waals surface area contributed by atoms with Gasteiger partial charge in [0.2, 0.25) is 11.8 Å². The van der Waals surface area contributed by atoms with Crippen molar-refractivity contribution in [2.45, 2.75) is 96.1 Å². The van der Waals surface area contributed by atoms with E-state index in [1.165, 1.54) is 32.1 Å². The van der Waals surface area contributed by atoms with Crippen LogP contribution in [0.5, 0.6) is 0 Å². The molecule has 9 heteroatoms. The Bertz CT molecular complexity index is 627. The van der Waals surface area contributed by atoms with Gasteiger partial charge < -0.3 is 5.32 Å². The van der Waals surface area contributed by atoms with E-state index in [1.807, 2.05) is 0 Å². The van der Waals surface area contributed by atoms with Gasteiger partial charge in [0.1, 0.15) is 6.23 Å². The van der Waals surface area contributed by atoms with Crippen molar-refractivity contribution in [3.05, 3.63) is 0 Å². The number of amides is 2. The fourth-order valence-corrected chi connectivity index (χ4v) is 5.82. The minimum atomic E-state index is -0.00941. The fraction of sp³-hybridized carbons (Fsp3) is 0.913. The molecule has 0 aromatic rings. The van der Waals surface area contributed by atoms with Gasteiger partial charge in [0, 0.05) is 31.3 Å². The number of hydrogen-bond donors (Lipinski definition) is 6. The average Bonchev–Trinajstić information content (AvgIpc) is 3.27. The van der Waals surface area contributed by atoms with Gasteiger partial charge >= 0.3 is 0 Å². The van der Waals surface area contributed by atoms with E-state index in [2.05, 4.69) is 39.2 Å². The number of carbonyl (C=O) groups excluding carboxylic acids is 2. The maximum Gasteiger partial charge on any atom is 0.237 e. The molecule has 2 aliphatic heterocycles. The van der Waals surface area contributed by atoms with E-state index in [1.54, 1.807) is 0 Å². The van der Waals surface area contributed by atoms with Crippen LogP contribution in [0.15, 0.2) is 0 Å². The molecule has 4 rings (SSSR count). The first-order valence-electron chi connectivity index (χ1n) is 12.8. The van der Waals surface area contributed by atoms with Gasteiger partial charge in [-0.05, 0) is 50.4 Å². The molecule has 9 nitrogen and oxygen atoms in total. The largest absolute Gasteiger partial charge is 0.355 e. The Kier molecular flexibility index (Phi) is 8.76. The number of hydrazine groups is 1. The van der Waals surface area contributed by atoms with E-state index in [9.17, 15) is 9.59 Å². The van der Waals surface area contributed by atoms with Crippen LogP contribution in [0.3, 0.4) is 0 Å². The van der Waals surface area contributed by atoms with Crippen molar-refractivity contribution in [3.8, 4) is 0 Å². The summed E-state index contributed by atoms with van der Waals surface area (Å²) < 4.78 is 0. The molecular weight excluding hydrogens is 408 g/mol. The van der Waals surface area contributed by atoms with Gasteiger partial charge in [-0.3, -0.25) is 30.5 Å². The summed E-state index contributed by atoms with van der Waals surface area (Å²) in [5, 5.41) is 10.0. The Balaban J connectivity index is 1.05. The first-order valence-corrected chi connectivity index (χ1v) is 12.8. The third kappa shape index (κ3) is 6.41. The molecule has 4 aliphatic rings. The molecule has 0 aromatic carbocycles. The summed E-state index contributed by atoms with van der Waals surface area (Å²) in [7, 11) is 0. The molecule has 0 radical (unpaired) electrons. The monoisotopic (exact) mass is 450 g/mol. The molecule has 2 amide bonds. The Morgan fingerprint density at radius 1 is 1.09 bits per heavy atom. The van der Waals surface area contributed by atoms with Crippen LogP contribution in [0.25, 0.3) is 0 Å². The van der Waals surface area contributed by atoms with Gasteiger partial charge in [-0.15, -0.1) is 0 Å². The maximum absolute atomic E-state index is 12.2. The lowest BCUT2D eigenvalue weighted by Crippen LogP contribution is -2.64. The van der Waals surface area contributed by atoms with Crippen molar-refractivity contribution in [2.75, 3.05) is 13.1 Å². The van der Waals surface area contributed by atoms with Gasteiger partial charge in [0.15, 0.2) is 0 Å². The predicted octanol–water partition coefficient (Wildman–Crippen LogP) is 1.23. The Hall–Kier alpha value is -1.26. The highest BCUT2D eigenvalue weighted by Gasteiger charge is 2.39. The summed E-state index contributed by atoms with van der Waals surface area (Å²) in [5.41, 5.74) is 9.07. The van der Waals surface area contributed by atoms with E-state index in [0.29, 0.717) is 31.3 Å². The van der Waals surface area contributed by atoms with Crippen LogP contribution in [0.1, 0.15) is 77.6 Å². The quantitative estimate of drug-likeness (QED) is 0.293.